The fourth-order valence-electron chi connectivity index (χ4n) is 5.92. The number of likely N-dealkylation sites (tertiary alicyclic amines) is 1. The van der Waals surface area contributed by atoms with Crippen LogP contribution in [0.25, 0.3) is 0 Å². The maximum Gasteiger partial charge on any atom is 0.226 e. The van der Waals surface area contributed by atoms with Gasteiger partial charge in [-0.2, -0.15) is 0 Å². The number of thiocarbonyl (C=S) groups is 1. The summed E-state index contributed by atoms with van der Waals surface area (Å²) in [5.74, 6) is 4.44. The largest absolute Gasteiger partial charge is 0.393 e. The Morgan fingerprint density at radius 2 is 1.48 bits per heavy atom. The Hall–Kier alpha value is -0.640. The molecule has 0 radical (unpaired) electrons. The molecule has 21 heavy (non-hydrogen) atoms. The Balaban J connectivity index is 1.43. The van der Waals surface area contributed by atoms with Crippen LogP contribution in [0.5, 0.6) is 0 Å². The van der Waals surface area contributed by atoms with Crippen LogP contribution in [0.3, 0.4) is 0 Å². The molecule has 116 valence electrons. The summed E-state index contributed by atoms with van der Waals surface area (Å²) in [6.45, 7) is 1.73. The van der Waals surface area contributed by atoms with Crippen molar-refractivity contribution < 1.29 is 4.79 Å². The number of piperidine rings is 1. The normalized spacial score (nSPS) is 42.3. The van der Waals surface area contributed by atoms with Crippen LogP contribution in [0, 0.1) is 35.5 Å². The second-order valence-electron chi connectivity index (χ2n) is 7.96. The number of carbonyl (C=O) groups excluding carboxylic acids is 1. The van der Waals surface area contributed by atoms with E-state index in [9.17, 15) is 4.79 Å². The van der Waals surface area contributed by atoms with Crippen molar-refractivity contribution in [1.29, 1.82) is 0 Å². The monoisotopic (exact) mass is 306 g/mol. The smallest absolute Gasteiger partial charge is 0.226 e. The average molecular weight is 306 g/mol. The van der Waals surface area contributed by atoms with Crippen molar-refractivity contribution in [2.75, 3.05) is 13.1 Å². The highest BCUT2D eigenvalue weighted by molar-refractivity contribution is 7.80. The van der Waals surface area contributed by atoms with Gasteiger partial charge in [0.15, 0.2) is 0 Å². The van der Waals surface area contributed by atoms with E-state index in [0.717, 1.165) is 37.8 Å². The highest BCUT2D eigenvalue weighted by atomic mass is 32.1. The van der Waals surface area contributed by atoms with Crippen molar-refractivity contribution in [2.24, 2.45) is 41.2 Å². The van der Waals surface area contributed by atoms with Crippen LogP contribution in [0.15, 0.2) is 0 Å². The van der Waals surface area contributed by atoms with E-state index in [4.69, 9.17) is 18.0 Å². The molecule has 1 aliphatic heterocycles. The van der Waals surface area contributed by atoms with Gasteiger partial charge < -0.3 is 10.6 Å². The summed E-state index contributed by atoms with van der Waals surface area (Å²) in [5.41, 5.74) is 5.75. The van der Waals surface area contributed by atoms with Gasteiger partial charge in [-0.05, 0) is 68.6 Å². The van der Waals surface area contributed by atoms with E-state index >= 15 is 0 Å². The number of nitrogens with zero attached hydrogens (tertiary/aromatic N) is 1. The third kappa shape index (κ3) is 2.39. The molecule has 5 fully saturated rings. The summed E-state index contributed by atoms with van der Waals surface area (Å²) >= 11 is 5.10. The van der Waals surface area contributed by atoms with E-state index in [2.05, 4.69) is 4.90 Å². The van der Waals surface area contributed by atoms with E-state index in [0.29, 0.717) is 34.6 Å². The van der Waals surface area contributed by atoms with E-state index in [-0.39, 0.29) is 0 Å². The zero-order valence-electron chi connectivity index (χ0n) is 12.7. The van der Waals surface area contributed by atoms with Crippen molar-refractivity contribution in [2.45, 2.75) is 44.9 Å². The number of nitrogens with two attached hydrogens (primary N) is 1. The van der Waals surface area contributed by atoms with Crippen molar-refractivity contribution >= 4 is 23.1 Å². The number of hydrogen-bond donors (Lipinski definition) is 1. The molecule has 5 aliphatic rings. The molecule has 3 nitrogen and oxygen atoms in total. The highest BCUT2D eigenvalue weighted by Crippen LogP contribution is 2.56. The Kier molecular flexibility index (Phi) is 3.48. The molecule has 1 heterocycles. The number of hydrogen-bond acceptors (Lipinski definition) is 2. The maximum atomic E-state index is 13.0. The molecule has 0 aromatic heterocycles. The first-order valence-electron chi connectivity index (χ1n) is 8.70. The first-order valence-corrected chi connectivity index (χ1v) is 9.10. The minimum Gasteiger partial charge on any atom is -0.393 e. The van der Waals surface area contributed by atoms with Crippen LogP contribution in [0.4, 0.5) is 0 Å². The third-order valence-electron chi connectivity index (χ3n) is 6.72. The predicted molar refractivity (Wildman–Crippen MR) is 86.6 cm³/mol. The first-order chi connectivity index (χ1) is 10.1. The topological polar surface area (TPSA) is 46.3 Å². The molecule has 4 saturated carbocycles. The van der Waals surface area contributed by atoms with Gasteiger partial charge in [0.1, 0.15) is 0 Å². The van der Waals surface area contributed by atoms with Gasteiger partial charge in [-0.3, -0.25) is 4.79 Å². The molecule has 4 bridgehead atoms. The summed E-state index contributed by atoms with van der Waals surface area (Å²) < 4.78 is 0. The van der Waals surface area contributed by atoms with E-state index in [1.807, 2.05) is 0 Å². The van der Waals surface area contributed by atoms with Crippen molar-refractivity contribution in [3.63, 3.8) is 0 Å². The lowest BCUT2D eigenvalue weighted by Gasteiger charge is -2.54. The molecule has 1 amide bonds. The SMILES string of the molecule is NC(=S)C1CCN(C(=O)C2C3CC4CC(C3)CC2C4)CC1. The summed E-state index contributed by atoms with van der Waals surface area (Å²) in [6.07, 6.45) is 8.69. The molecule has 0 spiro atoms. The molecular weight excluding hydrogens is 280 g/mol. The number of carbonyl (C=O) groups is 1. The standard InChI is InChI=1S/C17H26N2OS/c18-16(21)12-1-3-19(4-2-12)17(20)15-13-6-10-5-11(8-13)9-14(15)7-10/h10-15H,1-9H2,(H2,18,21). The molecule has 4 heteroatoms. The zero-order chi connectivity index (χ0) is 14.6. The second kappa shape index (κ2) is 5.22. The number of amides is 1. The predicted octanol–water partition coefficient (Wildman–Crippen LogP) is 2.58. The third-order valence-corrected chi connectivity index (χ3v) is 7.05. The molecule has 2 N–H and O–H groups in total. The molecule has 0 aromatic carbocycles. The van der Waals surface area contributed by atoms with Crippen LogP contribution in [0.1, 0.15) is 44.9 Å². The Bertz CT molecular complexity index is 428. The highest BCUT2D eigenvalue weighted by Gasteiger charge is 2.51. The first kappa shape index (κ1) is 14.0. The van der Waals surface area contributed by atoms with Gasteiger partial charge in [0.2, 0.25) is 5.91 Å². The Morgan fingerprint density at radius 1 is 0.952 bits per heavy atom. The van der Waals surface area contributed by atoms with Crippen LogP contribution < -0.4 is 5.73 Å². The van der Waals surface area contributed by atoms with E-state index in [1.165, 1.54) is 32.1 Å². The summed E-state index contributed by atoms with van der Waals surface area (Å²) in [5, 5.41) is 0. The van der Waals surface area contributed by atoms with Gasteiger partial charge in [-0.1, -0.05) is 12.2 Å². The molecule has 4 aliphatic carbocycles. The summed E-state index contributed by atoms with van der Waals surface area (Å²) in [4.78, 5) is 15.8. The van der Waals surface area contributed by atoms with Gasteiger partial charge >= 0.3 is 0 Å². The quantitative estimate of drug-likeness (QED) is 0.798. The van der Waals surface area contributed by atoms with Gasteiger partial charge in [0.05, 0.1) is 4.99 Å². The van der Waals surface area contributed by atoms with Gasteiger partial charge in [-0.15, -0.1) is 0 Å². The lowest BCUT2D eigenvalue weighted by molar-refractivity contribution is -0.150. The van der Waals surface area contributed by atoms with Crippen LogP contribution in [-0.4, -0.2) is 28.9 Å². The van der Waals surface area contributed by atoms with E-state index in [1.54, 1.807) is 0 Å². The minimum atomic E-state index is 0.346. The van der Waals surface area contributed by atoms with Crippen molar-refractivity contribution in [1.82, 2.24) is 4.90 Å². The maximum absolute atomic E-state index is 13.0. The van der Waals surface area contributed by atoms with E-state index < -0.39 is 0 Å². The van der Waals surface area contributed by atoms with Gasteiger partial charge in [-0.25, -0.2) is 0 Å². The Morgan fingerprint density at radius 3 is 1.95 bits per heavy atom. The molecule has 1 saturated heterocycles. The average Bonchev–Trinajstić information content (AvgIpc) is 2.46. The van der Waals surface area contributed by atoms with Crippen LogP contribution >= 0.6 is 12.2 Å². The lowest BCUT2D eigenvalue weighted by atomic mass is 9.51. The second-order valence-corrected chi connectivity index (χ2v) is 8.43. The van der Waals surface area contributed by atoms with Crippen molar-refractivity contribution in [3.8, 4) is 0 Å². The fraction of sp³-hybridized carbons (Fsp3) is 0.882. The molecule has 0 atom stereocenters. The van der Waals surface area contributed by atoms with Crippen molar-refractivity contribution in [3.05, 3.63) is 0 Å². The Labute approximate surface area is 132 Å². The van der Waals surface area contributed by atoms with Gasteiger partial charge in [0, 0.05) is 24.9 Å². The molecule has 0 aromatic rings. The molecule has 5 rings (SSSR count). The van der Waals surface area contributed by atoms with Crippen LogP contribution in [0.2, 0.25) is 0 Å². The van der Waals surface area contributed by atoms with Crippen LogP contribution in [-0.2, 0) is 4.79 Å². The minimum absolute atomic E-state index is 0.346. The molecule has 0 unspecified atom stereocenters. The number of rotatable bonds is 2. The lowest BCUT2D eigenvalue weighted by Crippen LogP contribution is -2.53. The fourth-order valence-corrected chi connectivity index (χ4v) is 6.16. The zero-order valence-corrected chi connectivity index (χ0v) is 13.5. The van der Waals surface area contributed by atoms with Gasteiger partial charge in [0.25, 0.3) is 0 Å². The summed E-state index contributed by atoms with van der Waals surface area (Å²) in [7, 11) is 0. The summed E-state index contributed by atoms with van der Waals surface area (Å²) in [6, 6.07) is 0. The molecular formula is C17H26N2OS.